The van der Waals surface area contributed by atoms with Crippen LogP contribution in [-0.2, 0) is 11.2 Å². The average molecular weight is 346 g/mol. The lowest BCUT2D eigenvalue weighted by molar-refractivity contribution is -0.108. The molecule has 0 saturated heterocycles. The standard InChI is InChI=1S/C20H20F2O3/c1-20(2)12-13-6-5-7-15(18(13)25-20)14-10-16(21)19(17(22)11-14)24-9-4-3-8-23/h5-8,10-11H,3-4,9,12H2,1-2H3. The van der Waals surface area contributed by atoms with Crippen LogP contribution in [0.25, 0.3) is 11.1 Å². The van der Waals surface area contributed by atoms with Gasteiger partial charge in [0.2, 0.25) is 0 Å². The second-order valence-electron chi connectivity index (χ2n) is 6.76. The molecule has 0 saturated carbocycles. The highest BCUT2D eigenvalue weighted by Gasteiger charge is 2.32. The molecule has 1 aliphatic heterocycles. The zero-order chi connectivity index (χ0) is 18.0. The van der Waals surface area contributed by atoms with E-state index in [1.54, 1.807) is 6.07 Å². The van der Waals surface area contributed by atoms with Gasteiger partial charge in [-0.25, -0.2) is 8.78 Å². The molecule has 132 valence electrons. The monoisotopic (exact) mass is 346 g/mol. The van der Waals surface area contributed by atoms with Crippen molar-refractivity contribution in [1.82, 2.24) is 0 Å². The first kappa shape index (κ1) is 17.4. The summed E-state index contributed by atoms with van der Waals surface area (Å²) < 4.78 is 39.8. The largest absolute Gasteiger partial charge is 0.488 e. The van der Waals surface area contributed by atoms with Crippen molar-refractivity contribution in [2.75, 3.05) is 6.61 Å². The third kappa shape index (κ3) is 3.65. The molecule has 0 aromatic heterocycles. The van der Waals surface area contributed by atoms with Crippen LogP contribution in [0.5, 0.6) is 11.5 Å². The summed E-state index contributed by atoms with van der Waals surface area (Å²) in [6.45, 7) is 4.05. The summed E-state index contributed by atoms with van der Waals surface area (Å²) in [5.74, 6) is -1.28. The van der Waals surface area contributed by atoms with Crippen molar-refractivity contribution in [2.24, 2.45) is 0 Å². The van der Waals surface area contributed by atoms with Gasteiger partial charge in [0, 0.05) is 18.4 Å². The van der Waals surface area contributed by atoms with Gasteiger partial charge in [-0.2, -0.15) is 0 Å². The summed E-state index contributed by atoms with van der Waals surface area (Å²) in [5, 5.41) is 0. The smallest absolute Gasteiger partial charge is 0.190 e. The number of carbonyl (C=O) groups excluding carboxylic acids is 1. The summed E-state index contributed by atoms with van der Waals surface area (Å²) in [7, 11) is 0. The quantitative estimate of drug-likeness (QED) is 0.562. The number of unbranched alkanes of at least 4 members (excludes halogenated alkanes) is 1. The normalized spacial score (nSPS) is 14.7. The Morgan fingerprint density at radius 2 is 1.96 bits per heavy atom. The molecule has 3 rings (SSSR count). The highest BCUT2D eigenvalue weighted by Crippen LogP contribution is 2.43. The Balaban J connectivity index is 1.91. The molecule has 0 radical (unpaired) electrons. The van der Waals surface area contributed by atoms with Gasteiger partial charge in [0.1, 0.15) is 17.6 Å². The third-order valence-corrected chi connectivity index (χ3v) is 4.11. The van der Waals surface area contributed by atoms with Crippen LogP contribution in [0.1, 0.15) is 32.3 Å². The molecule has 0 spiro atoms. The molecule has 1 heterocycles. The third-order valence-electron chi connectivity index (χ3n) is 4.11. The number of ether oxygens (including phenoxy) is 2. The summed E-state index contributed by atoms with van der Waals surface area (Å²) in [5.41, 5.74) is 1.76. The number of aldehydes is 1. The summed E-state index contributed by atoms with van der Waals surface area (Å²) in [4.78, 5) is 10.3. The molecule has 5 heteroatoms. The number of rotatable bonds is 6. The fraction of sp³-hybridized carbons (Fsp3) is 0.350. The second-order valence-corrected chi connectivity index (χ2v) is 6.76. The average Bonchev–Trinajstić information content (AvgIpc) is 2.87. The molecular weight excluding hydrogens is 326 g/mol. The Bertz CT molecular complexity index is 777. The first-order valence-corrected chi connectivity index (χ1v) is 8.28. The lowest BCUT2D eigenvalue weighted by Crippen LogP contribution is -2.24. The van der Waals surface area contributed by atoms with Crippen molar-refractivity contribution < 1.29 is 23.0 Å². The topological polar surface area (TPSA) is 35.5 Å². The number of halogens is 2. The molecule has 25 heavy (non-hydrogen) atoms. The van der Waals surface area contributed by atoms with Crippen molar-refractivity contribution in [3.05, 3.63) is 47.5 Å². The van der Waals surface area contributed by atoms with Crippen LogP contribution < -0.4 is 9.47 Å². The van der Waals surface area contributed by atoms with Gasteiger partial charge >= 0.3 is 0 Å². The minimum Gasteiger partial charge on any atom is -0.488 e. The van der Waals surface area contributed by atoms with Crippen LogP contribution in [0.2, 0.25) is 0 Å². The van der Waals surface area contributed by atoms with Crippen molar-refractivity contribution in [1.29, 1.82) is 0 Å². The van der Waals surface area contributed by atoms with Crippen LogP contribution in [0.4, 0.5) is 8.78 Å². The minimum atomic E-state index is -0.768. The SMILES string of the molecule is CC1(C)Cc2cccc(-c3cc(F)c(OCCCC=O)c(F)c3)c2O1. The molecule has 0 fully saturated rings. The van der Waals surface area contributed by atoms with Gasteiger partial charge in [-0.1, -0.05) is 18.2 Å². The Labute approximate surface area is 145 Å². The molecule has 1 aliphatic rings. The first-order chi connectivity index (χ1) is 11.9. The molecule has 3 nitrogen and oxygen atoms in total. The Morgan fingerprint density at radius 3 is 2.64 bits per heavy atom. The summed E-state index contributed by atoms with van der Waals surface area (Å²) in [6, 6.07) is 8.12. The number of benzene rings is 2. The highest BCUT2D eigenvalue weighted by atomic mass is 19.1. The van der Waals surface area contributed by atoms with Crippen LogP contribution in [-0.4, -0.2) is 18.5 Å². The van der Waals surface area contributed by atoms with E-state index in [-0.39, 0.29) is 12.2 Å². The van der Waals surface area contributed by atoms with Gasteiger partial charge in [0.25, 0.3) is 0 Å². The molecule has 0 N–H and O–H groups in total. The molecule has 2 aromatic carbocycles. The van der Waals surface area contributed by atoms with Crippen LogP contribution in [0, 0.1) is 11.6 Å². The van der Waals surface area contributed by atoms with Crippen molar-refractivity contribution in [3.63, 3.8) is 0 Å². The van der Waals surface area contributed by atoms with Crippen molar-refractivity contribution in [3.8, 4) is 22.6 Å². The lowest BCUT2D eigenvalue weighted by atomic mass is 9.98. The van der Waals surface area contributed by atoms with E-state index in [4.69, 9.17) is 9.47 Å². The maximum atomic E-state index is 14.3. The molecule has 0 amide bonds. The maximum absolute atomic E-state index is 14.3. The maximum Gasteiger partial charge on any atom is 0.190 e. The first-order valence-electron chi connectivity index (χ1n) is 8.28. The van der Waals surface area contributed by atoms with Gasteiger partial charge < -0.3 is 14.3 Å². The fourth-order valence-electron chi connectivity index (χ4n) is 3.04. The van der Waals surface area contributed by atoms with Gasteiger partial charge in [-0.3, -0.25) is 0 Å². The molecule has 0 unspecified atom stereocenters. The van der Waals surface area contributed by atoms with Crippen LogP contribution in [0.15, 0.2) is 30.3 Å². The van der Waals surface area contributed by atoms with E-state index in [2.05, 4.69) is 0 Å². The van der Waals surface area contributed by atoms with Gasteiger partial charge in [0.05, 0.1) is 6.61 Å². The van der Waals surface area contributed by atoms with Crippen molar-refractivity contribution >= 4 is 6.29 Å². The number of hydrogen-bond acceptors (Lipinski definition) is 3. The minimum absolute atomic E-state index is 0.0873. The van der Waals surface area contributed by atoms with E-state index >= 15 is 0 Å². The zero-order valence-electron chi connectivity index (χ0n) is 14.3. The van der Waals surface area contributed by atoms with Gasteiger partial charge in [-0.15, -0.1) is 0 Å². The van der Waals surface area contributed by atoms with E-state index in [1.807, 2.05) is 26.0 Å². The number of fused-ring (bicyclic) bond motifs is 1. The number of para-hydroxylation sites is 1. The van der Waals surface area contributed by atoms with E-state index < -0.39 is 17.4 Å². The zero-order valence-corrected chi connectivity index (χ0v) is 14.3. The molecule has 2 aromatic rings. The molecular formula is C20H20F2O3. The second kappa shape index (κ2) is 6.82. The Kier molecular flexibility index (Phi) is 4.75. The molecule has 0 atom stereocenters. The van der Waals surface area contributed by atoms with E-state index in [0.29, 0.717) is 29.7 Å². The van der Waals surface area contributed by atoms with E-state index in [9.17, 15) is 13.6 Å². The molecule has 0 aliphatic carbocycles. The highest BCUT2D eigenvalue weighted by molar-refractivity contribution is 5.74. The Morgan fingerprint density at radius 1 is 1.24 bits per heavy atom. The van der Waals surface area contributed by atoms with E-state index in [1.165, 1.54) is 12.1 Å². The van der Waals surface area contributed by atoms with Gasteiger partial charge in [-0.05, 0) is 43.5 Å². The number of carbonyl (C=O) groups is 1. The van der Waals surface area contributed by atoms with Crippen molar-refractivity contribution in [2.45, 2.75) is 38.7 Å². The number of hydrogen-bond donors (Lipinski definition) is 0. The fourth-order valence-corrected chi connectivity index (χ4v) is 3.04. The lowest BCUT2D eigenvalue weighted by Gasteiger charge is -2.18. The summed E-state index contributed by atoms with van der Waals surface area (Å²) in [6.07, 6.45) is 2.21. The summed E-state index contributed by atoms with van der Waals surface area (Å²) >= 11 is 0. The predicted octanol–water partition coefficient (Wildman–Crippen LogP) is 4.70. The van der Waals surface area contributed by atoms with E-state index in [0.717, 1.165) is 18.3 Å². The predicted molar refractivity (Wildman–Crippen MR) is 91.0 cm³/mol. The van der Waals surface area contributed by atoms with Crippen LogP contribution >= 0.6 is 0 Å². The Hall–Kier alpha value is -2.43. The van der Waals surface area contributed by atoms with Crippen LogP contribution in [0.3, 0.4) is 0 Å². The molecule has 0 bridgehead atoms. The van der Waals surface area contributed by atoms with Gasteiger partial charge in [0.15, 0.2) is 17.4 Å².